The van der Waals surface area contributed by atoms with Crippen LogP contribution in [0.3, 0.4) is 0 Å². The molecule has 1 aromatic carbocycles. The fourth-order valence-corrected chi connectivity index (χ4v) is 3.64. The summed E-state index contributed by atoms with van der Waals surface area (Å²) in [7, 11) is 3.16. The number of aromatic nitrogens is 3. The number of anilines is 3. The molecule has 2 N–H and O–H groups in total. The lowest BCUT2D eigenvalue weighted by molar-refractivity contribution is 0.0589. The van der Waals surface area contributed by atoms with Gasteiger partial charge in [-0.25, -0.2) is 14.3 Å². The number of amides is 2. The first kappa shape index (κ1) is 24.3. The first-order chi connectivity index (χ1) is 16.6. The molecule has 0 aliphatic carbocycles. The van der Waals surface area contributed by atoms with Crippen molar-refractivity contribution in [1.82, 2.24) is 19.9 Å². The molecule has 1 aliphatic rings. The third kappa shape index (κ3) is 5.14. The summed E-state index contributed by atoms with van der Waals surface area (Å²) in [6.07, 6.45) is 0.645. The Labute approximate surface area is 203 Å². The lowest BCUT2D eigenvalue weighted by atomic mass is 10.1. The molecule has 3 heterocycles. The van der Waals surface area contributed by atoms with Crippen molar-refractivity contribution in [3.05, 3.63) is 41.7 Å². The lowest BCUT2D eigenvalue weighted by Gasteiger charge is -2.25. The Balaban J connectivity index is 1.87. The van der Waals surface area contributed by atoms with Crippen LogP contribution in [0.4, 0.5) is 22.0 Å². The second-order valence-corrected chi connectivity index (χ2v) is 9.19. The van der Waals surface area contributed by atoms with Gasteiger partial charge in [-0.3, -0.25) is 9.69 Å². The summed E-state index contributed by atoms with van der Waals surface area (Å²) in [4.78, 5) is 31.5. The van der Waals surface area contributed by atoms with Crippen molar-refractivity contribution in [1.29, 1.82) is 0 Å². The maximum absolute atomic E-state index is 12.9. The second kappa shape index (κ2) is 9.41. The highest BCUT2D eigenvalue weighted by atomic mass is 16.6. The number of nitrogens with one attached hydrogen (secondary N) is 2. The zero-order valence-electron chi connectivity index (χ0n) is 20.7. The van der Waals surface area contributed by atoms with Crippen LogP contribution < -0.4 is 20.3 Å². The number of imidazole rings is 1. The average molecular weight is 483 g/mol. The van der Waals surface area contributed by atoms with E-state index in [1.807, 2.05) is 25.1 Å². The first-order valence-electron chi connectivity index (χ1n) is 11.3. The van der Waals surface area contributed by atoms with Crippen LogP contribution in [0.25, 0.3) is 5.65 Å². The molecule has 4 bridgehead atoms. The standard InChI is InChI=1S/C24H30N6O5/c1-14-15-7-8-19(33-6)16(11-15)27-20-12-17(29(5)23(32)35-24(2,3)4)21-26-13-18(30(21)28-20)22(31)25-9-10-34-14/h7-8,11-14H,9-10H2,1-6H3,(H,25,31)(H,27,28). The number of methoxy groups -OCH3 is 1. The van der Waals surface area contributed by atoms with Gasteiger partial charge in [0.25, 0.3) is 5.91 Å². The molecule has 186 valence electrons. The molecule has 4 rings (SSSR count). The van der Waals surface area contributed by atoms with Crippen LogP contribution in [-0.2, 0) is 9.47 Å². The van der Waals surface area contributed by atoms with E-state index < -0.39 is 11.7 Å². The minimum atomic E-state index is -0.684. The summed E-state index contributed by atoms with van der Waals surface area (Å²) in [5, 5.41) is 10.7. The number of benzene rings is 1. The van der Waals surface area contributed by atoms with Crippen molar-refractivity contribution in [2.24, 2.45) is 0 Å². The molecule has 1 atom stereocenters. The maximum Gasteiger partial charge on any atom is 0.414 e. The monoisotopic (exact) mass is 482 g/mol. The summed E-state index contributed by atoms with van der Waals surface area (Å²) in [6.45, 7) is 7.94. The summed E-state index contributed by atoms with van der Waals surface area (Å²) < 4.78 is 18.4. The van der Waals surface area contributed by atoms with E-state index in [0.717, 1.165) is 5.56 Å². The summed E-state index contributed by atoms with van der Waals surface area (Å²) in [5.41, 5.74) is 1.85. The Morgan fingerprint density at radius 1 is 1.29 bits per heavy atom. The lowest BCUT2D eigenvalue weighted by Crippen LogP contribution is -2.34. The van der Waals surface area contributed by atoms with E-state index >= 15 is 0 Å². The Kier molecular flexibility index (Phi) is 6.53. The number of carbonyl (C=O) groups is 2. The van der Waals surface area contributed by atoms with E-state index in [-0.39, 0.29) is 17.7 Å². The molecular weight excluding hydrogens is 452 g/mol. The second-order valence-electron chi connectivity index (χ2n) is 9.19. The third-order valence-electron chi connectivity index (χ3n) is 5.42. The first-order valence-corrected chi connectivity index (χ1v) is 11.3. The SMILES string of the molecule is COc1ccc2cc1Nc1cc(N(C)C(=O)OC(C)(C)C)c3ncc(n3n1)C(=O)NCCOC2C. The van der Waals surface area contributed by atoms with Gasteiger partial charge in [0, 0.05) is 19.7 Å². The molecule has 0 saturated carbocycles. The van der Waals surface area contributed by atoms with E-state index in [1.165, 1.54) is 15.6 Å². The predicted octanol–water partition coefficient (Wildman–Crippen LogP) is 3.67. The van der Waals surface area contributed by atoms with E-state index in [2.05, 4.69) is 20.7 Å². The van der Waals surface area contributed by atoms with Gasteiger partial charge in [-0.2, -0.15) is 0 Å². The zero-order chi connectivity index (χ0) is 25.3. The fraction of sp³-hybridized carbons (Fsp3) is 0.417. The highest BCUT2D eigenvalue weighted by Gasteiger charge is 2.25. The molecule has 0 saturated heterocycles. The minimum Gasteiger partial charge on any atom is -0.495 e. The molecule has 0 radical (unpaired) electrons. The highest BCUT2D eigenvalue weighted by molar-refractivity contribution is 5.96. The fourth-order valence-electron chi connectivity index (χ4n) is 3.64. The number of rotatable bonds is 2. The molecule has 2 amide bonds. The van der Waals surface area contributed by atoms with Gasteiger partial charge in [-0.05, 0) is 45.4 Å². The van der Waals surface area contributed by atoms with Crippen LogP contribution in [0.2, 0.25) is 0 Å². The predicted molar refractivity (Wildman–Crippen MR) is 131 cm³/mol. The van der Waals surface area contributed by atoms with Gasteiger partial charge in [0.15, 0.2) is 17.2 Å². The molecule has 0 spiro atoms. The molecule has 3 aromatic rings. The number of hydrogen-bond acceptors (Lipinski definition) is 8. The van der Waals surface area contributed by atoms with E-state index in [4.69, 9.17) is 14.2 Å². The Hall–Kier alpha value is -3.86. The smallest absolute Gasteiger partial charge is 0.414 e. The van der Waals surface area contributed by atoms with Crippen molar-refractivity contribution >= 4 is 34.8 Å². The number of hydrogen-bond donors (Lipinski definition) is 2. The Morgan fingerprint density at radius 2 is 2.06 bits per heavy atom. The largest absolute Gasteiger partial charge is 0.495 e. The van der Waals surface area contributed by atoms with E-state index in [1.54, 1.807) is 41.0 Å². The molecule has 11 heteroatoms. The van der Waals surface area contributed by atoms with Crippen LogP contribution in [0.5, 0.6) is 5.75 Å². The number of fused-ring (bicyclic) bond motifs is 3. The molecule has 1 aliphatic heterocycles. The topological polar surface area (TPSA) is 119 Å². The molecular formula is C24H30N6O5. The quantitative estimate of drug-likeness (QED) is 0.568. The number of ether oxygens (including phenoxy) is 3. The van der Waals surface area contributed by atoms with Crippen LogP contribution >= 0.6 is 0 Å². The van der Waals surface area contributed by atoms with Crippen molar-refractivity contribution < 1.29 is 23.8 Å². The summed E-state index contributed by atoms with van der Waals surface area (Å²) in [5.74, 6) is 0.606. The molecule has 2 aromatic heterocycles. The van der Waals surface area contributed by atoms with Gasteiger partial charge in [0.2, 0.25) is 0 Å². The van der Waals surface area contributed by atoms with Gasteiger partial charge in [-0.15, -0.1) is 5.10 Å². The molecule has 1 unspecified atom stereocenters. The van der Waals surface area contributed by atoms with Crippen molar-refractivity contribution in [2.45, 2.75) is 39.4 Å². The maximum atomic E-state index is 12.9. The molecule has 0 fully saturated rings. The zero-order valence-corrected chi connectivity index (χ0v) is 20.7. The van der Waals surface area contributed by atoms with Crippen LogP contribution in [-0.4, -0.2) is 59.5 Å². The van der Waals surface area contributed by atoms with Crippen LogP contribution in [0, 0.1) is 0 Å². The van der Waals surface area contributed by atoms with Gasteiger partial charge >= 0.3 is 6.09 Å². The summed E-state index contributed by atoms with van der Waals surface area (Å²) >= 11 is 0. The van der Waals surface area contributed by atoms with Gasteiger partial charge in [0.05, 0.1) is 37.4 Å². The number of carbonyl (C=O) groups excluding carboxylic acids is 2. The Bertz CT molecular complexity index is 1270. The van der Waals surface area contributed by atoms with Crippen LogP contribution in [0.1, 0.15) is 49.9 Å². The van der Waals surface area contributed by atoms with Crippen molar-refractivity contribution in [3.63, 3.8) is 0 Å². The normalized spacial score (nSPS) is 16.3. The van der Waals surface area contributed by atoms with E-state index in [0.29, 0.717) is 41.7 Å². The average Bonchev–Trinajstić information content (AvgIpc) is 3.23. The molecule has 11 nitrogen and oxygen atoms in total. The van der Waals surface area contributed by atoms with Crippen molar-refractivity contribution in [3.8, 4) is 5.75 Å². The van der Waals surface area contributed by atoms with E-state index in [9.17, 15) is 9.59 Å². The Morgan fingerprint density at radius 3 is 2.77 bits per heavy atom. The third-order valence-corrected chi connectivity index (χ3v) is 5.42. The van der Waals surface area contributed by atoms with Crippen molar-refractivity contribution in [2.75, 3.05) is 37.5 Å². The van der Waals surface area contributed by atoms with Gasteiger partial charge < -0.3 is 24.8 Å². The van der Waals surface area contributed by atoms with Gasteiger partial charge in [0.1, 0.15) is 11.4 Å². The highest BCUT2D eigenvalue weighted by Crippen LogP contribution is 2.33. The number of nitrogens with zero attached hydrogens (tertiary/aromatic N) is 4. The summed E-state index contributed by atoms with van der Waals surface area (Å²) in [6, 6.07) is 7.36. The van der Waals surface area contributed by atoms with Crippen LogP contribution in [0.15, 0.2) is 30.5 Å². The minimum absolute atomic E-state index is 0.212. The van der Waals surface area contributed by atoms with Gasteiger partial charge in [-0.1, -0.05) is 6.07 Å². The molecule has 35 heavy (non-hydrogen) atoms.